The maximum Gasteiger partial charge on any atom is 0.0910 e. The first-order valence-corrected chi connectivity index (χ1v) is 8.20. The number of hydrogen-bond acceptors (Lipinski definition) is 1. The van der Waals surface area contributed by atoms with Gasteiger partial charge in [0.1, 0.15) is 0 Å². The molecule has 1 aromatic heterocycles. The fourth-order valence-electron chi connectivity index (χ4n) is 2.24. The third kappa shape index (κ3) is 2.31. The molecule has 3 aromatic rings. The van der Waals surface area contributed by atoms with Crippen LogP contribution >= 0.6 is 39.3 Å². The standard InChI is InChI=1S/C15H11BrClNS/c1-19-12-4-2-3-11-14(12)13(15(16)18-11)9-5-7-10(17)8-6-9/h2-8,18H,1H3. The molecule has 0 aliphatic heterocycles. The Morgan fingerprint density at radius 3 is 2.53 bits per heavy atom. The van der Waals surface area contributed by atoms with Gasteiger partial charge in [-0.1, -0.05) is 29.8 Å². The van der Waals surface area contributed by atoms with Crippen LogP contribution in [-0.4, -0.2) is 11.2 Å². The summed E-state index contributed by atoms with van der Waals surface area (Å²) >= 11 is 11.4. The molecule has 0 bridgehead atoms. The second kappa shape index (κ2) is 5.23. The summed E-state index contributed by atoms with van der Waals surface area (Å²) in [4.78, 5) is 4.65. The lowest BCUT2D eigenvalue weighted by molar-refractivity contribution is 1.41. The lowest BCUT2D eigenvalue weighted by Crippen LogP contribution is -1.79. The summed E-state index contributed by atoms with van der Waals surface area (Å²) in [6.45, 7) is 0. The molecule has 0 aliphatic rings. The van der Waals surface area contributed by atoms with E-state index in [0.29, 0.717) is 0 Å². The fraction of sp³-hybridized carbons (Fsp3) is 0.0667. The smallest absolute Gasteiger partial charge is 0.0910 e. The lowest BCUT2D eigenvalue weighted by Gasteiger charge is -2.05. The van der Waals surface area contributed by atoms with Gasteiger partial charge in [-0.05, 0) is 52.0 Å². The number of rotatable bonds is 2. The summed E-state index contributed by atoms with van der Waals surface area (Å²) in [6, 6.07) is 14.3. The van der Waals surface area contributed by atoms with Crippen LogP contribution in [0.25, 0.3) is 22.0 Å². The minimum Gasteiger partial charge on any atom is -0.349 e. The summed E-state index contributed by atoms with van der Waals surface area (Å²) in [5.41, 5.74) is 3.49. The van der Waals surface area contributed by atoms with Gasteiger partial charge in [-0.3, -0.25) is 0 Å². The third-order valence-corrected chi connectivity index (χ3v) is 4.72. The molecule has 96 valence electrons. The van der Waals surface area contributed by atoms with E-state index in [4.69, 9.17) is 11.6 Å². The molecule has 1 nitrogen and oxygen atoms in total. The summed E-state index contributed by atoms with van der Waals surface area (Å²) < 4.78 is 1.01. The van der Waals surface area contributed by atoms with Gasteiger partial charge < -0.3 is 4.98 Å². The van der Waals surface area contributed by atoms with Crippen LogP contribution in [0.3, 0.4) is 0 Å². The number of hydrogen-bond donors (Lipinski definition) is 1. The first-order chi connectivity index (χ1) is 9.20. The van der Waals surface area contributed by atoms with Crippen molar-refractivity contribution in [1.82, 2.24) is 4.98 Å². The van der Waals surface area contributed by atoms with Gasteiger partial charge in [-0.25, -0.2) is 0 Å². The highest BCUT2D eigenvalue weighted by atomic mass is 79.9. The van der Waals surface area contributed by atoms with Crippen LogP contribution in [-0.2, 0) is 0 Å². The number of thioether (sulfide) groups is 1. The Kier molecular flexibility index (Phi) is 3.61. The van der Waals surface area contributed by atoms with E-state index in [-0.39, 0.29) is 0 Å². The lowest BCUT2D eigenvalue weighted by atomic mass is 10.1. The first kappa shape index (κ1) is 13.1. The van der Waals surface area contributed by atoms with Crippen LogP contribution in [0, 0.1) is 0 Å². The molecule has 0 spiro atoms. The molecular weight excluding hydrogens is 342 g/mol. The largest absolute Gasteiger partial charge is 0.349 e. The van der Waals surface area contributed by atoms with Crippen LogP contribution in [0.2, 0.25) is 5.02 Å². The molecule has 2 aromatic carbocycles. The Morgan fingerprint density at radius 1 is 1.11 bits per heavy atom. The zero-order valence-electron chi connectivity index (χ0n) is 10.2. The Hall–Kier alpha value is -0.900. The number of H-pyrrole nitrogens is 1. The topological polar surface area (TPSA) is 15.8 Å². The van der Waals surface area contributed by atoms with Crippen LogP contribution in [0.15, 0.2) is 52.0 Å². The van der Waals surface area contributed by atoms with E-state index >= 15 is 0 Å². The van der Waals surface area contributed by atoms with E-state index in [1.165, 1.54) is 15.8 Å². The monoisotopic (exact) mass is 351 g/mol. The number of nitrogens with one attached hydrogen (secondary N) is 1. The van der Waals surface area contributed by atoms with Gasteiger partial charge in [-0.15, -0.1) is 11.8 Å². The van der Waals surface area contributed by atoms with Gasteiger partial charge in [-0.2, -0.15) is 0 Å². The zero-order valence-corrected chi connectivity index (χ0v) is 13.4. The highest BCUT2D eigenvalue weighted by Crippen LogP contribution is 2.40. The Balaban J connectivity index is 2.33. The van der Waals surface area contributed by atoms with Crippen molar-refractivity contribution in [3.63, 3.8) is 0 Å². The van der Waals surface area contributed by atoms with Gasteiger partial charge in [0.15, 0.2) is 0 Å². The molecule has 3 rings (SSSR count). The average molecular weight is 353 g/mol. The van der Waals surface area contributed by atoms with E-state index in [9.17, 15) is 0 Å². The molecule has 0 unspecified atom stereocenters. The van der Waals surface area contributed by atoms with Crippen LogP contribution in [0.1, 0.15) is 0 Å². The van der Waals surface area contributed by atoms with E-state index in [1.807, 2.05) is 24.3 Å². The maximum absolute atomic E-state index is 5.97. The quantitative estimate of drug-likeness (QED) is 0.561. The molecule has 0 saturated heterocycles. The average Bonchev–Trinajstić information content (AvgIpc) is 2.75. The van der Waals surface area contributed by atoms with Gasteiger partial charge in [0.2, 0.25) is 0 Å². The highest BCUT2D eigenvalue weighted by molar-refractivity contribution is 9.10. The van der Waals surface area contributed by atoms with E-state index < -0.39 is 0 Å². The predicted octanol–water partition coefficient (Wildman–Crippen LogP) is 5.97. The molecule has 4 heteroatoms. The molecule has 0 atom stereocenters. The summed E-state index contributed by atoms with van der Waals surface area (Å²) in [7, 11) is 0. The summed E-state index contributed by atoms with van der Waals surface area (Å²) in [6.07, 6.45) is 2.10. The van der Waals surface area contributed by atoms with Crippen molar-refractivity contribution in [2.24, 2.45) is 0 Å². The number of halogens is 2. The normalized spacial score (nSPS) is 11.1. The van der Waals surface area contributed by atoms with Crippen molar-refractivity contribution in [2.75, 3.05) is 6.26 Å². The molecule has 19 heavy (non-hydrogen) atoms. The van der Waals surface area contributed by atoms with Gasteiger partial charge >= 0.3 is 0 Å². The van der Waals surface area contributed by atoms with Gasteiger partial charge in [0.25, 0.3) is 0 Å². The second-order valence-electron chi connectivity index (χ2n) is 4.20. The minimum atomic E-state index is 0.754. The molecule has 0 radical (unpaired) electrons. The zero-order chi connectivity index (χ0) is 13.4. The predicted molar refractivity (Wildman–Crippen MR) is 88.2 cm³/mol. The maximum atomic E-state index is 5.97. The van der Waals surface area contributed by atoms with Crippen molar-refractivity contribution in [3.05, 3.63) is 52.1 Å². The molecule has 1 N–H and O–H groups in total. The molecule has 0 saturated carbocycles. The molecule has 0 amide bonds. The number of aromatic amines is 1. The Labute approximate surface area is 129 Å². The molecule has 1 heterocycles. The number of benzene rings is 2. The van der Waals surface area contributed by atoms with Crippen molar-refractivity contribution in [2.45, 2.75) is 4.90 Å². The molecule has 0 aliphatic carbocycles. The highest BCUT2D eigenvalue weighted by Gasteiger charge is 2.14. The van der Waals surface area contributed by atoms with Crippen LogP contribution in [0.4, 0.5) is 0 Å². The second-order valence-corrected chi connectivity index (χ2v) is 6.28. The molecular formula is C15H11BrClNS. The first-order valence-electron chi connectivity index (χ1n) is 5.81. The van der Waals surface area contributed by atoms with Crippen molar-refractivity contribution in [1.29, 1.82) is 0 Å². The van der Waals surface area contributed by atoms with Gasteiger partial charge in [0, 0.05) is 26.4 Å². The fourth-order valence-corrected chi connectivity index (χ4v) is 3.64. The third-order valence-electron chi connectivity index (χ3n) is 3.09. The van der Waals surface area contributed by atoms with Crippen LogP contribution in [0.5, 0.6) is 0 Å². The van der Waals surface area contributed by atoms with Crippen molar-refractivity contribution in [3.8, 4) is 11.1 Å². The Morgan fingerprint density at radius 2 is 1.84 bits per heavy atom. The van der Waals surface area contributed by atoms with E-state index in [0.717, 1.165) is 20.7 Å². The summed E-state index contributed by atoms with van der Waals surface area (Å²) in [5.74, 6) is 0. The molecule has 0 fully saturated rings. The van der Waals surface area contributed by atoms with E-state index in [1.54, 1.807) is 11.8 Å². The minimum absolute atomic E-state index is 0.754. The van der Waals surface area contributed by atoms with Crippen LogP contribution < -0.4 is 0 Å². The van der Waals surface area contributed by atoms with Crippen molar-refractivity contribution < 1.29 is 0 Å². The number of aromatic nitrogens is 1. The SMILES string of the molecule is CSc1cccc2[nH]c(Br)c(-c3ccc(Cl)cc3)c12. The Bertz CT molecular complexity index is 734. The van der Waals surface area contributed by atoms with Crippen molar-refractivity contribution >= 4 is 50.2 Å². The van der Waals surface area contributed by atoms with E-state index in [2.05, 4.69) is 45.4 Å². The van der Waals surface area contributed by atoms with Gasteiger partial charge in [0.05, 0.1) is 4.60 Å². The number of fused-ring (bicyclic) bond motifs is 1. The summed E-state index contributed by atoms with van der Waals surface area (Å²) in [5, 5.41) is 2.01.